The lowest BCUT2D eigenvalue weighted by molar-refractivity contribution is 0.0967. The Kier molecular flexibility index (Phi) is 3.44. The lowest BCUT2D eigenvalue weighted by Gasteiger charge is -2.24. The Morgan fingerprint density at radius 3 is 2.83 bits per heavy atom. The van der Waals surface area contributed by atoms with Gasteiger partial charge in [-0.2, -0.15) is 0 Å². The monoisotopic (exact) mass is 247 g/mol. The zero-order valence-electron chi connectivity index (χ0n) is 11.3. The summed E-state index contributed by atoms with van der Waals surface area (Å²) in [5.74, 6) is 0.889. The fourth-order valence-electron chi connectivity index (χ4n) is 2.34. The van der Waals surface area contributed by atoms with Crippen molar-refractivity contribution in [3.05, 3.63) is 29.3 Å². The van der Waals surface area contributed by atoms with E-state index in [1.54, 1.807) is 6.92 Å². The first-order chi connectivity index (χ1) is 8.39. The van der Waals surface area contributed by atoms with Crippen LogP contribution in [0.3, 0.4) is 0 Å². The van der Waals surface area contributed by atoms with Gasteiger partial charge in [-0.15, -0.1) is 0 Å². The first kappa shape index (κ1) is 13.1. The van der Waals surface area contributed by atoms with E-state index in [2.05, 4.69) is 13.8 Å². The summed E-state index contributed by atoms with van der Waals surface area (Å²) in [6.45, 7) is 5.92. The van der Waals surface area contributed by atoms with E-state index in [1.807, 2.05) is 18.2 Å². The van der Waals surface area contributed by atoms with Crippen LogP contribution in [0.2, 0.25) is 0 Å². The van der Waals surface area contributed by atoms with Gasteiger partial charge in [-0.1, -0.05) is 0 Å². The van der Waals surface area contributed by atoms with Crippen LogP contribution < -0.4 is 10.5 Å². The molecule has 0 amide bonds. The Labute approximate surface area is 108 Å². The second-order valence-electron chi connectivity index (χ2n) is 5.69. The van der Waals surface area contributed by atoms with Crippen molar-refractivity contribution in [1.29, 1.82) is 0 Å². The molecule has 0 saturated heterocycles. The molecule has 1 heterocycles. The van der Waals surface area contributed by atoms with Crippen LogP contribution in [0, 0.1) is 0 Å². The van der Waals surface area contributed by atoms with Crippen LogP contribution in [0.15, 0.2) is 18.2 Å². The molecule has 0 fully saturated rings. The summed E-state index contributed by atoms with van der Waals surface area (Å²) in [7, 11) is 0. The predicted octanol–water partition coefficient (Wildman–Crippen LogP) is 2.71. The van der Waals surface area contributed by atoms with Gasteiger partial charge in [-0.25, -0.2) is 0 Å². The number of fused-ring (bicyclic) bond motifs is 1. The third-order valence-corrected chi connectivity index (χ3v) is 3.37. The fraction of sp³-hybridized carbons (Fsp3) is 0.533. The average Bonchev–Trinajstić information content (AvgIpc) is 2.43. The maximum atomic E-state index is 11.9. The van der Waals surface area contributed by atoms with Crippen LogP contribution in [-0.2, 0) is 6.42 Å². The minimum absolute atomic E-state index is 0.0127. The molecule has 1 unspecified atom stereocenters. The normalized spacial score (nSPS) is 19.3. The molecular formula is C15H21NO2. The number of rotatable bonds is 2. The van der Waals surface area contributed by atoms with Crippen molar-refractivity contribution in [2.45, 2.75) is 51.7 Å². The molecule has 0 aromatic heterocycles. The molecule has 18 heavy (non-hydrogen) atoms. The number of aryl methyl sites for hydroxylation is 1. The van der Waals surface area contributed by atoms with Gasteiger partial charge in [0.05, 0.1) is 6.04 Å². The number of benzene rings is 1. The largest absolute Gasteiger partial charge is 0.488 e. The number of hydrogen-bond donors (Lipinski definition) is 1. The van der Waals surface area contributed by atoms with Gasteiger partial charge in [0.1, 0.15) is 11.4 Å². The first-order valence-electron chi connectivity index (χ1n) is 6.51. The van der Waals surface area contributed by atoms with E-state index in [1.165, 1.54) is 0 Å². The van der Waals surface area contributed by atoms with Crippen LogP contribution >= 0.6 is 0 Å². The molecule has 0 saturated carbocycles. The highest BCUT2D eigenvalue weighted by Crippen LogP contribution is 2.32. The lowest BCUT2D eigenvalue weighted by Crippen LogP contribution is -2.27. The summed E-state index contributed by atoms with van der Waals surface area (Å²) in [5, 5.41) is 0. The van der Waals surface area contributed by atoms with Crippen LogP contribution in [-0.4, -0.2) is 17.4 Å². The Morgan fingerprint density at radius 1 is 1.44 bits per heavy atom. The minimum atomic E-state index is -0.453. The molecule has 3 heteroatoms. The van der Waals surface area contributed by atoms with Crippen LogP contribution in [0.1, 0.15) is 49.5 Å². The maximum Gasteiger partial charge on any atom is 0.179 e. The summed E-state index contributed by atoms with van der Waals surface area (Å²) in [6.07, 6.45) is 3.06. The van der Waals surface area contributed by atoms with Gasteiger partial charge in [0.2, 0.25) is 0 Å². The highest BCUT2D eigenvalue weighted by atomic mass is 16.5. The Balaban J connectivity index is 2.33. The first-order valence-corrected chi connectivity index (χ1v) is 6.51. The van der Waals surface area contributed by atoms with E-state index in [0.717, 1.165) is 30.6 Å². The van der Waals surface area contributed by atoms with Gasteiger partial charge in [0, 0.05) is 5.56 Å². The number of carbonyl (C=O) groups is 1. The van der Waals surface area contributed by atoms with Crippen molar-refractivity contribution in [3.63, 3.8) is 0 Å². The number of nitrogens with two attached hydrogens (primary N) is 1. The summed E-state index contributed by atoms with van der Waals surface area (Å²) in [6, 6.07) is 5.19. The summed E-state index contributed by atoms with van der Waals surface area (Å²) >= 11 is 0. The van der Waals surface area contributed by atoms with E-state index < -0.39 is 6.04 Å². The molecule has 3 nitrogen and oxygen atoms in total. The molecule has 0 bridgehead atoms. The van der Waals surface area contributed by atoms with Crippen molar-refractivity contribution in [2.75, 3.05) is 0 Å². The molecule has 0 spiro atoms. The standard InChI is InChI=1S/C15H21NO2/c1-10(16)14(17)12-6-7-13-11(9-12)5-4-8-15(2,3)18-13/h6-7,9-10H,4-5,8,16H2,1-3H3. The zero-order chi connectivity index (χ0) is 13.3. The molecule has 98 valence electrons. The molecule has 0 aliphatic carbocycles. The number of ether oxygens (including phenoxy) is 1. The van der Waals surface area contributed by atoms with Crippen LogP contribution in [0.25, 0.3) is 0 Å². The maximum absolute atomic E-state index is 11.9. The molecule has 1 atom stereocenters. The third-order valence-electron chi connectivity index (χ3n) is 3.37. The van der Waals surface area contributed by atoms with Crippen molar-refractivity contribution in [2.24, 2.45) is 5.73 Å². The van der Waals surface area contributed by atoms with Crippen molar-refractivity contribution >= 4 is 5.78 Å². The van der Waals surface area contributed by atoms with Gasteiger partial charge < -0.3 is 10.5 Å². The topological polar surface area (TPSA) is 52.3 Å². The van der Waals surface area contributed by atoms with Crippen molar-refractivity contribution in [3.8, 4) is 5.75 Å². The quantitative estimate of drug-likeness (QED) is 0.817. The second kappa shape index (κ2) is 4.73. The van der Waals surface area contributed by atoms with E-state index in [0.29, 0.717) is 5.56 Å². The number of ketones is 1. The molecule has 1 aliphatic heterocycles. The van der Waals surface area contributed by atoms with Crippen LogP contribution in [0.4, 0.5) is 0 Å². The molecular weight excluding hydrogens is 226 g/mol. The SMILES string of the molecule is CC(N)C(=O)c1ccc2c(c1)CCCC(C)(C)O2. The Hall–Kier alpha value is -1.35. The Morgan fingerprint density at radius 2 is 2.17 bits per heavy atom. The van der Waals surface area contributed by atoms with E-state index in [-0.39, 0.29) is 11.4 Å². The number of Topliss-reactive ketones (excluding diaryl/α,β-unsaturated/α-hetero) is 1. The van der Waals surface area contributed by atoms with Crippen LogP contribution in [0.5, 0.6) is 5.75 Å². The summed E-state index contributed by atoms with van der Waals surface area (Å²) in [4.78, 5) is 11.9. The zero-order valence-corrected chi connectivity index (χ0v) is 11.3. The van der Waals surface area contributed by atoms with Gasteiger partial charge in [-0.3, -0.25) is 4.79 Å². The average molecular weight is 247 g/mol. The van der Waals surface area contributed by atoms with E-state index >= 15 is 0 Å². The van der Waals surface area contributed by atoms with Gasteiger partial charge in [0.25, 0.3) is 0 Å². The molecule has 0 radical (unpaired) electrons. The summed E-state index contributed by atoms with van der Waals surface area (Å²) in [5.41, 5.74) is 7.31. The lowest BCUT2D eigenvalue weighted by atomic mass is 9.98. The highest BCUT2D eigenvalue weighted by molar-refractivity contribution is 6.00. The number of hydrogen-bond acceptors (Lipinski definition) is 3. The smallest absolute Gasteiger partial charge is 0.179 e. The molecule has 2 rings (SSSR count). The van der Waals surface area contributed by atoms with Gasteiger partial charge in [-0.05, 0) is 63.8 Å². The molecule has 2 N–H and O–H groups in total. The number of carbonyl (C=O) groups excluding carboxylic acids is 1. The van der Waals surface area contributed by atoms with Crippen molar-refractivity contribution < 1.29 is 9.53 Å². The fourth-order valence-corrected chi connectivity index (χ4v) is 2.34. The second-order valence-corrected chi connectivity index (χ2v) is 5.69. The molecule has 1 aromatic carbocycles. The molecule has 1 aliphatic rings. The van der Waals surface area contributed by atoms with Gasteiger partial charge >= 0.3 is 0 Å². The van der Waals surface area contributed by atoms with Crippen molar-refractivity contribution in [1.82, 2.24) is 0 Å². The predicted molar refractivity (Wildman–Crippen MR) is 72.1 cm³/mol. The van der Waals surface area contributed by atoms with E-state index in [9.17, 15) is 4.79 Å². The van der Waals surface area contributed by atoms with E-state index in [4.69, 9.17) is 10.5 Å². The Bertz CT molecular complexity index is 464. The minimum Gasteiger partial charge on any atom is -0.488 e. The summed E-state index contributed by atoms with van der Waals surface area (Å²) < 4.78 is 6.00. The molecule has 1 aromatic rings. The highest BCUT2D eigenvalue weighted by Gasteiger charge is 2.25. The third kappa shape index (κ3) is 2.72. The van der Waals surface area contributed by atoms with Gasteiger partial charge in [0.15, 0.2) is 5.78 Å².